The predicted octanol–water partition coefficient (Wildman–Crippen LogP) is 4.80. The lowest BCUT2D eigenvalue weighted by atomic mass is 10.0. The van der Waals surface area contributed by atoms with Crippen LogP contribution in [0.1, 0.15) is 19.4 Å². The van der Waals surface area contributed by atoms with Crippen LogP contribution in [0.3, 0.4) is 0 Å². The summed E-state index contributed by atoms with van der Waals surface area (Å²) in [6.45, 7) is 6.74. The third-order valence-corrected chi connectivity index (χ3v) is 3.72. The number of hydrogen-bond donors (Lipinski definition) is 0. The van der Waals surface area contributed by atoms with Crippen molar-refractivity contribution in [3.8, 4) is 16.9 Å². The van der Waals surface area contributed by atoms with E-state index in [-0.39, 0.29) is 5.43 Å². The second kappa shape index (κ2) is 6.29. The van der Waals surface area contributed by atoms with Gasteiger partial charge in [-0.05, 0) is 30.0 Å². The monoisotopic (exact) mass is 308 g/mol. The largest absolute Gasteiger partial charge is 0.493 e. The Morgan fingerprint density at radius 2 is 1.87 bits per heavy atom. The average Bonchev–Trinajstić information content (AvgIpc) is 2.53. The summed E-state index contributed by atoms with van der Waals surface area (Å²) in [4.78, 5) is 12.8. The van der Waals surface area contributed by atoms with Crippen LogP contribution in [0.25, 0.3) is 22.1 Å². The summed E-state index contributed by atoms with van der Waals surface area (Å²) in [5, 5.41) is 0.614. The first-order valence-corrected chi connectivity index (χ1v) is 7.80. The number of fused-ring (bicyclic) bond motifs is 1. The van der Waals surface area contributed by atoms with Crippen molar-refractivity contribution < 1.29 is 9.15 Å². The maximum absolute atomic E-state index is 12.8. The van der Waals surface area contributed by atoms with Gasteiger partial charge in [-0.3, -0.25) is 4.79 Å². The Kier molecular flexibility index (Phi) is 4.20. The third kappa shape index (κ3) is 3.14. The Bertz CT molecular complexity index is 877. The van der Waals surface area contributed by atoms with Crippen molar-refractivity contribution in [2.45, 2.75) is 20.8 Å². The summed E-state index contributed by atoms with van der Waals surface area (Å²) in [5.74, 6) is 1.18. The first kappa shape index (κ1) is 15.3. The maximum atomic E-state index is 12.8. The van der Waals surface area contributed by atoms with Crippen LogP contribution in [-0.4, -0.2) is 6.61 Å². The topological polar surface area (TPSA) is 39.4 Å². The van der Waals surface area contributed by atoms with Crippen molar-refractivity contribution >= 4 is 11.0 Å². The first-order valence-electron chi connectivity index (χ1n) is 7.80. The molecule has 3 heteroatoms. The molecule has 0 aliphatic heterocycles. The lowest BCUT2D eigenvalue weighted by molar-refractivity contribution is 0.271. The Morgan fingerprint density at radius 3 is 2.57 bits per heavy atom. The van der Waals surface area contributed by atoms with Crippen LogP contribution in [0.15, 0.2) is 57.9 Å². The van der Waals surface area contributed by atoms with Crippen LogP contribution in [0.4, 0.5) is 0 Å². The predicted molar refractivity (Wildman–Crippen MR) is 93.0 cm³/mol. The van der Waals surface area contributed by atoms with E-state index in [0.717, 1.165) is 16.9 Å². The van der Waals surface area contributed by atoms with Gasteiger partial charge in [0.25, 0.3) is 0 Å². The number of rotatable bonds is 4. The molecule has 0 bridgehead atoms. The molecule has 118 valence electrons. The Balaban J connectivity index is 2.10. The van der Waals surface area contributed by atoms with Gasteiger partial charge in [0.15, 0.2) is 0 Å². The van der Waals surface area contributed by atoms with Gasteiger partial charge in [-0.15, -0.1) is 0 Å². The van der Waals surface area contributed by atoms with E-state index in [1.165, 1.54) is 6.26 Å². The van der Waals surface area contributed by atoms with Gasteiger partial charge in [-0.1, -0.05) is 44.2 Å². The zero-order valence-electron chi connectivity index (χ0n) is 13.6. The zero-order chi connectivity index (χ0) is 16.4. The fourth-order valence-corrected chi connectivity index (χ4v) is 2.58. The molecule has 3 aromatic rings. The SMILES string of the molecule is Cc1cc(OCC(C)C)cc2occ(-c3ccccc3)c(=O)c12. The summed E-state index contributed by atoms with van der Waals surface area (Å²) in [7, 11) is 0. The van der Waals surface area contributed by atoms with Gasteiger partial charge in [0.2, 0.25) is 5.43 Å². The first-order chi connectivity index (χ1) is 11.1. The summed E-state index contributed by atoms with van der Waals surface area (Å²) < 4.78 is 11.5. The van der Waals surface area contributed by atoms with Crippen LogP contribution in [0.5, 0.6) is 5.75 Å². The molecule has 0 saturated heterocycles. The lowest BCUT2D eigenvalue weighted by Gasteiger charge is -2.11. The van der Waals surface area contributed by atoms with Crippen molar-refractivity contribution in [1.29, 1.82) is 0 Å². The van der Waals surface area contributed by atoms with Gasteiger partial charge in [0, 0.05) is 6.07 Å². The molecule has 0 aliphatic carbocycles. The molecule has 0 spiro atoms. The molecule has 1 heterocycles. The van der Waals surface area contributed by atoms with Gasteiger partial charge in [-0.25, -0.2) is 0 Å². The Morgan fingerprint density at radius 1 is 1.13 bits per heavy atom. The van der Waals surface area contributed by atoms with E-state index in [2.05, 4.69) is 13.8 Å². The Hall–Kier alpha value is -2.55. The molecule has 3 nitrogen and oxygen atoms in total. The van der Waals surface area contributed by atoms with Crippen molar-refractivity contribution in [2.75, 3.05) is 6.61 Å². The molecule has 0 aliphatic rings. The number of hydrogen-bond acceptors (Lipinski definition) is 3. The molecule has 0 saturated carbocycles. The maximum Gasteiger partial charge on any atom is 0.200 e. The highest BCUT2D eigenvalue weighted by molar-refractivity contribution is 5.85. The van der Waals surface area contributed by atoms with E-state index in [0.29, 0.717) is 29.1 Å². The van der Waals surface area contributed by atoms with Crippen LogP contribution in [-0.2, 0) is 0 Å². The smallest absolute Gasteiger partial charge is 0.200 e. The summed E-state index contributed by atoms with van der Waals surface area (Å²) >= 11 is 0. The standard InChI is InChI=1S/C20H20O3/c1-13(2)11-22-16-9-14(3)19-18(10-16)23-12-17(20(19)21)15-7-5-4-6-8-15/h4-10,12-13H,11H2,1-3H3. The van der Waals surface area contributed by atoms with E-state index in [4.69, 9.17) is 9.15 Å². The van der Waals surface area contributed by atoms with E-state index in [1.807, 2.05) is 43.3 Å². The molecule has 0 fully saturated rings. The molecular formula is C20H20O3. The number of ether oxygens (including phenoxy) is 1. The molecule has 1 aromatic heterocycles. The normalized spacial score (nSPS) is 11.1. The van der Waals surface area contributed by atoms with Gasteiger partial charge >= 0.3 is 0 Å². The quantitative estimate of drug-likeness (QED) is 0.695. The number of benzene rings is 2. The average molecular weight is 308 g/mol. The van der Waals surface area contributed by atoms with E-state index >= 15 is 0 Å². The van der Waals surface area contributed by atoms with Gasteiger partial charge in [0.1, 0.15) is 17.6 Å². The highest BCUT2D eigenvalue weighted by Gasteiger charge is 2.12. The third-order valence-electron chi connectivity index (χ3n) is 3.72. The molecule has 2 aromatic carbocycles. The van der Waals surface area contributed by atoms with Crippen LogP contribution in [0, 0.1) is 12.8 Å². The van der Waals surface area contributed by atoms with E-state index in [9.17, 15) is 4.79 Å². The second-order valence-corrected chi connectivity index (χ2v) is 6.16. The van der Waals surface area contributed by atoms with Gasteiger partial charge in [0.05, 0.1) is 17.6 Å². The van der Waals surface area contributed by atoms with Crippen molar-refractivity contribution in [1.82, 2.24) is 0 Å². The molecule has 0 radical (unpaired) electrons. The molecule has 0 atom stereocenters. The van der Waals surface area contributed by atoms with Crippen molar-refractivity contribution in [3.05, 3.63) is 64.5 Å². The molecular weight excluding hydrogens is 288 g/mol. The second-order valence-electron chi connectivity index (χ2n) is 6.16. The fourth-order valence-electron chi connectivity index (χ4n) is 2.58. The summed E-state index contributed by atoms with van der Waals surface area (Å²) in [6.07, 6.45) is 1.53. The van der Waals surface area contributed by atoms with Crippen LogP contribution in [0.2, 0.25) is 0 Å². The van der Waals surface area contributed by atoms with Gasteiger partial charge < -0.3 is 9.15 Å². The van der Waals surface area contributed by atoms with Gasteiger partial charge in [-0.2, -0.15) is 0 Å². The summed E-state index contributed by atoms with van der Waals surface area (Å²) in [6, 6.07) is 13.3. The highest BCUT2D eigenvalue weighted by atomic mass is 16.5. The lowest BCUT2D eigenvalue weighted by Crippen LogP contribution is -2.08. The molecule has 3 rings (SSSR count). The molecule has 0 amide bonds. The minimum atomic E-state index is -0.00893. The summed E-state index contributed by atoms with van der Waals surface area (Å²) in [5.41, 5.74) is 2.87. The van der Waals surface area contributed by atoms with Crippen LogP contribution < -0.4 is 10.2 Å². The van der Waals surface area contributed by atoms with Crippen molar-refractivity contribution in [3.63, 3.8) is 0 Å². The van der Waals surface area contributed by atoms with Crippen LogP contribution >= 0.6 is 0 Å². The molecule has 23 heavy (non-hydrogen) atoms. The minimum absolute atomic E-state index is 0.00893. The van der Waals surface area contributed by atoms with Crippen molar-refractivity contribution in [2.24, 2.45) is 5.92 Å². The zero-order valence-corrected chi connectivity index (χ0v) is 13.6. The van der Waals surface area contributed by atoms with E-state index < -0.39 is 0 Å². The highest BCUT2D eigenvalue weighted by Crippen LogP contribution is 2.26. The number of aryl methyl sites for hydroxylation is 1. The van der Waals surface area contributed by atoms with E-state index in [1.54, 1.807) is 6.07 Å². The molecule has 0 unspecified atom stereocenters. The molecule has 0 N–H and O–H groups in total. The Labute approximate surface area is 135 Å². The fraction of sp³-hybridized carbons (Fsp3) is 0.250. The minimum Gasteiger partial charge on any atom is -0.493 e.